The van der Waals surface area contributed by atoms with Gasteiger partial charge in [-0.15, -0.1) is 40.0 Å². The average Bonchev–Trinajstić information content (AvgIpc) is 4.22. The van der Waals surface area contributed by atoms with Crippen LogP contribution < -0.4 is 62.4 Å². The van der Waals surface area contributed by atoms with Crippen LogP contribution in [0.1, 0.15) is 25.6 Å². The molecule has 0 aliphatic carbocycles. The van der Waals surface area contributed by atoms with Crippen molar-refractivity contribution in [1.29, 1.82) is 0 Å². The Balaban J connectivity index is 0.000000262. The molecule has 38 heteroatoms. The van der Waals surface area contributed by atoms with E-state index in [1.54, 1.807) is 14.0 Å². The van der Waals surface area contributed by atoms with E-state index in [1.807, 2.05) is 0 Å². The largest absolute Gasteiger partial charge is 1.00 e. The molecule has 5 aliphatic heterocycles. The number of fused-ring (bicyclic) bond motifs is 2. The van der Waals surface area contributed by atoms with Crippen molar-refractivity contribution in [3.63, 3.8) is 0 Å². The summed E-state index contributed by atoms with van der Waals surface area (Å²) in [6.45, 7) is 2.04. The Hall–Kier alpha value is -7.29. The summed E-state index contributed by atoms with van der Waals surface area (Å²) < 4.78 is 2.69. The zero-order chi connectivity index (χ0) is 57.9. The molecule has 81 heavy (non-hydrogen) atoms. The second-order valence-electron chi connectivity index (χ2n) is 17.1. The van der Waals surface area contributed by atoms with Crippen LogP contribution in [0.3, 0.4) is 0 Å². The van der Waals surface area contributed by atoms with Gasteiger partial charge in [0.1, 0.15) is 58.8 Å². The monoisotopic (exact) mass is 1220 g/mol. The van der Waals surface area contributed by atoms with Gasteiger partial charge in [-0.05, 0) is 46.2 Å². The number of aromatic nitrogens is 8. The van der Waals surface area contributed by atoms with E-state index in [2.05, 4.69) is 51.7 Å². The van der Waals surface area contributed by atoms with E-state index in [0.29, 0.717) is 27.7 Å². The minimum atomic E-state index is -1.42. The number of phenols is 1. The van der Waals surface area contributed by atoms with Gasteiger partial charge in [-0.2, -0.15) is 4.98 Å². The first-order valence-electron chi connectivity index (χ1n) is 23.2. The number of imide groups is 1. The molecule has 3 aromatic heterocycles. The van der Waals surface area contributed by atoms with Crippen LogP contribution in [0.2, 0.25) is 0 Å². The number of aromatic hydroxyl groups is 1. The predicted molar refractivity (Wildman–Crippen MR) is 284 cm³/mol. The van der Waals surface area contributed by atoms with E-state index in [9.17, 15) is 68.1 Å². The smallest absolute Gasteiger partial charge is 1.00 e. The van der Waals surface area contributed by atoms with Crippen molar-refractivity contribution in [3.05, 3.63) is 84.2 Å². The number of nitrogens with one attached hydrogen (secondary N) is 4. The molecule has 8 amide bonds. The van der Waals surface area contributed by atoms with Crippen LogP contribution in [-0.2, 0) is 57.3 Å². The number of benzene rings is 1. The number of rotatable bonds is 17. The second kappa shape index (κ2) is 26.1. The maximum atomic E-state index is 13.6. The number of aryl methyl sites for hydroxylation is 2. The molecule has 5 aliphatic rings. The van der Waals surface area contributed by atoms with Crippen molar-refractivity contribution in [3.8, 4) is 5.75 Å². The number of carboxylic acid groups (broad SMARTS) is 2. The molecule has 0 radical (unpaired) electrons. The zero-order valence-corrected chi connectivity index (χ0v) is 49.0. The minimum absolute atomic E-state index is 0. The molecule has 0 unspecified atom stereocenters. The molecule has 9 rings (SSSR count). The first-order chi connectivity index (χ1) is 38.1. The number of carboxylic acids is 2. The second-order valence-corrected chi connectivity index (χ2v) is 22.1. The van der Waals surface area contributed by atoms with Crippen LogP contribution in [0.15, 0.2) is 77.2 Å². The minimum Gasteiger partial charge on any atom is -1.00 e. The molecule has 5 atom stereocenters. The van der Waals surface area contributed by atoms with Gasteiger partial charge < -0.3 is 48.2 Å². The Labute approximate surface area is 499 Å². The Bertz CT molecular complexity index is 3450. The maximum Gasteiger partial charge on any atom is 1.00 e. The molecule has 32 nitrogen and oxygen atoms in total. The zero-order valence-electron chi connectivity index (χ0n) is 43.9. The summed E-state index contributed by atoms with van der Waals surface area (Å²) in [7, 11) is 4.38. The predicted octanol–water partition coefficient (Wildman–Crippen LogP) is -5.61. The fourth-order valence-electron chi connectivity index (χ4n) is 8.30. The quantitative estimate of drug-likeness (QED) is 0.0122. The molecule has 424 valence electrons. The number of phenolic OH excluding ortho intramolecular Hbond substituents is 1. The molecule has 8 heterocycles. The topological polar surface area (TPSA) is 435 Å². The molecule has 1 aromatic carbocycles. The van der Waals surface area contributed by atoms with E-state index in [-0.39, 0.29) is 111 Å². The summed E-state index contributed by atoms with van der Waals surface area (Å²) in [5, 5.41) is 55.3. The molecule has 9 N–H and O–H groups in total. The van der Waals surface area contributed by atoms with Crippen molar-refractivity contribution >= 4 is 123 Å². The summed E-state index contributed by atoms with van der Waals surface area (Å²) in [4.78, 5) is 154. The Morgan fingerprint density at radius 3 is 2.00 bits per heavy atom. The fourth-order valence-corrected chi connectivity index (χ4v) is 13.6. The van der Waals surface area contributed by atoms with E-state index < -0.39 is 93.4 Å². The van der Waals surface area contributed by atoms with Gasteiger partial charge in [0.25, 0.3) is 17.7 Å². The number of hydrogen-bond donors (Lipinski definition) is 8. The number of tetrazole rings is 1. The number of amides is 8. The van der Waals surface area contributed by atoms with Crippen LogP contribution in [0, 0.1) is 0 Å². The van der Waals surface area contributed by atoms with Crippen molar-refractivity contribution in [2.45, 2.75) is 46.1 Å². The third-order valence-electron chi connectivity index (χ3n) is 12.2. The van der Waals surface area contributed by atoms with Gasteiger partial charge in [0, 0.05) is 62.1 Å². The molecule has 0 bridgehead atoms. The van der Waals surface area contributed by atoms with E-state index in [4.69, 9.17) is 10.6 Å². The molecular formula is C43H46N17NaO15S5. The third-order valence-corrected chi connectivity index (χ3v) is 17.8. The number of nitrogens with two attached hydrogens (primary N) is 1. The fraction of sp³-hybridized carbons (Fsp3) is 0.372. The number of oxime groups is 1. The van der Waals surface area contributed by atoms with E-state index >= 15 is 0 Å². The first-order valence-corrected chi connectivity index (χ1v) is 28.2. The SMILES string of the molecule is CCN1CCN(C(=O)N[C@@H](C(=O)N[C@@H]2C(=O)N3C(C(=O)O)=C(CSc4nnnn4C)CS[C@H]23)c2ccc(O)cc2)C(=O)C1=O.CO/N=C(\C(=O)N[C@@H]1C(=O)N2C(C(=O)O)=C(CSc3nc(=O)c(=O)[nH]n3C)CS[C@H]12)c1csc(N)n1.[H-].[Na+]. The van der Waals surface area contributed by atoms with Crippen LogP contribution in [0.5, 0.6) is 5.75 Å². The number of thioether (sulfide) groups is 4. The number of aromatic amines is 1. The van der Waals surface area contributed by atoms with Gasteiger partial charge >= 0.3 is 70.5 Å². The molecule has 0 spiro atoms. The Kier molecular flexibility index (Phi) is 19.8. The van der Waals surface area contributed by atoms with E-state index in [0.717, 1.165) is 32.9 Å². The summed E-state index contributed by atoms with van der Waals surface area (Å²) in [5.41, 5.74) is 4.53. The molecule has 3 saturated heterocycles. The van der Waals surface area contributed by atoms with Crippen LogP contribution in [0.25, 0.3) is 0 Å². The molecule has 4 aromatic rings. The number of anilines is 1. The molecule has 3 fully saturated rings. The number of nitrogen functional groups attached to an aromatic ring is 1. The number of likely N-dealkylation sites (N-methyl/N-ethyl adjacent to an activating group) is 1. The number of carbonyl (C=O) groups excluding carboxylic acids is 7. The number of aliphatic carboxylic acids is 2. The van der Waals surface area contributed by atoms with Crippen molar-refractivity contribution in [2.24, 2.45) is 19.3 Å². The first kappa shape index (κ1) is 61.3. The number of H-pyrrole nitrogens is 1. The summed E-state index contributed by atoms with van der Waals surface area (Å²) in [5.74, 6) is -6.56. The normalized spacial score (nSPS) is 19.9. The number of β-lactam (4-membered cyclic amide) rings is 2. The van der Waals surface area contributed by atoms with Crippen molar-refractivity contribution < 1.29 is 94.3 Å². The summed E-state index contributed by atoms with van der Waals surface area (Å²) in [6, 6.07) is 0.846. The van der Waals surface area contributed by atoms with Gasteiger partial charge in [-0.3, -0.25) is 62.8 Å². The van der Waals surface area contributed by atoms with Gasteiger partial charge in [-0.25, -0.2) is 24.0 Å². The average molecular weight is 1220 g/mol. The van der Waals surface area contributed by atoms with Gasteiger partial charge in [0.05, 0.1) is 0 Å². The summed E-state index contributed by atoms with van der Waals surface area (Å²) >= 11 is 5.90. The Morgan fingerprint density at radius 1 is 0.877 bits per heavy atom. The third kappa shape index (κ3) is 12.9. The van der Waals surface area contributed by atoms with Crippen LogP contribution >= 0.6 is 58.4 Å². The van der Waals surface area contributed by atoms with Gasteiger partial charge in [-0.1, -0.05) is 40.8 Å². The number of thiazole rings is 1. The van der Waals surface area contributed by atoms with Gasteiger partial charge in [0.15, 0.2) is 16.0 Å². The van der Waals surface area contributed by atoms with Crippen LogP contribution in [-0.4, -0.2) is 207 Å². The number of urea groups is 1. The number of nitrogens with zero attached hydrogens (tertiary/aromatic N) is 12. The van der Waals surface area contributed by atoms with Crippen molar-refractivity contribution in [1.82, 2.24) is 75.5 Å². The number of carbonyl (C=O) groups is 9. The number of hydrogen-bond acceptors (Lipinski definition) is 25. The Morgan fingerprint density at radius 2 is 1.47 bits per heavy atom. The molecular weight excluding hydrogens is 1180 g/mol. The van der Waals surface area contributed by atoms with Crippen LogP contribution in [0.4, 0.5) is 9.93 Å². The number of piperazine rings is 1. The van der Waals surface area contributed by atoms with Crippen molar-refractivity contribution in [2.75, 3.05) is 55.5 Å². The standard InChI is InChI=1S/C25H27N9O8S2.C18H18N8O7S3.Na.H/c1-3-32-8-9-33(21(39)20(32)38)24(42)27-15(12-4-6-14(35)7-5-12)18(36)26-16-19(37)34-17(23(40)41)13(10-43-22(16)34)11-44-25-28-29-30-31(25)2;1-25-18(22-12(28)13(29)23-25)36-4-6-3-34-15-9(14(30)26(15)10(6)16(31)32)21-11(27)8(24-33-2)7-5-35-17(19)20-7;;/h4-7,15-16,22,35H,3,8-11H2,1-2H3,(H,26,36)(H,27,42)(H,40,41);5,9,15H,3-4H2,1-2H3,(H2,19,20)(H,21,27)(H,23,29)(H,31,32);;/q;;+1;-1/b;24-8-;;/t15-,16-,22-;9-,15-;;/m11../s1. The van der Waals surface area contributed by atoms with Gasteiger partial charge in [0.2, 0.25) is 11.1 Å². The summed E-state index contributed by atoms with van der Waals surface area (Å²) in [6.07, 6.45) is 0. The maximum absolute atomic E-state index is 13.6. The van der Waals surface area contributed by atoms with E-state index in [1.165, 1.54) is 93.4 Å². The molecule has 0 saturated carbocycles.